The molecule has 2 N–H and O–H groups in total. The van der Waals surface area contributed by atoms with Crippen molar-refractivity contribution in [1.82, 2.24) is 5.32 Å². The van der Waals surface area contributed by atoms with Gasteiger partial charge in [0, 0.05) is 17.4 Å². The number of rotatable bonds is 7. The molecule has 0 bridgehead atoms. The lowest BCUT2D eigenvalue weighted by Gasteiger charge is -2.51. The Bertz CT molecular complexity index is 1130. The standard InChI is InChI=1S/C28H32N2O4/c1-3-27(14-9-17-34-24(31)19-10-5-4-6-11-19)18-20(25(32)33-2)23-28(15-16-29-26(27)28)21-12-7-8-13-22(21)30-23/h4-8,10-13,26,29-30H,3,9,14-18H2,1-2H3/t26-,27-,28-/m0/s1. The van der Waals surface area contributed by atoms with Gasteiger partial charge in [0.25, 0.3) is 0 Å². The fourth-order valence-electron chi connectivity index (χ4n) is 6.56. The Morgan fingerprint density at radius 1 is 1.06 bits per heavy atom. The van der Waals surface area contributed by atoms with Gasteiger partial charge >= 0.3 is 11.9 Å². The Labute approximate surface area is 200 Å². The highest BCUT2D eigenvalue weighted by Gasteiger charge is 2.62. The molecule has 3 atom stereocenters. The highest BCUT2D eigenvalue weighted by Crippen LogP contribution is 2.61. The van der Waals surface area contributed by atoms with E-state index in [4.69, 9.17) is 9.47 Å². The monoisotopic (exact) mass is 460 g/mol. The van der Waals surface area contributed by atoms with E-state index in [1.807, 2.05) is 24.3 Å². The average molecular weight is 461 g/mol. The Balaban J connectivity index is 1.43. The lowest BCUT2D eigenvalue weighted by atomic mass is 9.55. The van der Waals surface area contributed by atoms with Gasteiger partial charge in [-0.3, -0.25) is 0 Å². The molecule has 0 radical (unpaired) electrons. The van der Waals surface area contributed by atoms with Crippen LogP contribution in [0.1, 0.15) is 54.9 Å². The average Bonchev–Trinajstić information content (AvgIpc) is 3.48. The van der Waals surface area contributed by atoms with Gasteiger partial charge in [0.15, 0.2) is 0 Å². The smallest absolute Gasteiger partial charge is 0.338 e. The normalized spacial score (nSPS) is 26.8. The summed E-state index contributed by atoms with van der Waals surface area (Å²) in [6.45, 7) is 3.45. The summed E-state index contributed by atoms with van der Waals surface area (Å²) in [6, 6.07) is 17.7. The number of esters is 2. The third kappa shape index (κ3) is 3.43. The van der Waals surface area contributed by atoms with Crippen LogP contribution in [-0.2, 0) is 19.7 Å². The van der Waals surface area contributed by atoms with Crippen molar-refractivity contribution in [1.29, 1.82) is 0 Å². The zero-order chi connectivity index (χ0) is 23.8. The molecule has 0 aromatic heterocycles. The van der Waals surface area contributed by atoms with Crippen molar-refractivity contribution in [2.45, 2.75) is 50.5 Å². The number of carbonyl (C=O) groups excluding carboxylic acids is 2. The topological polar surface area (TPSA) is 76.7 Å². The molecule has 6 heteroatoms. The maximum atomic E-state index is 13.0. The van der Waals surface area contributed by atoms with E-state index in [0.717, 1.165) is 49.2 Å². The zero-order valence-corrected chi connectivity index (χ0v) is 19.9. The Kier molecular flexibility index (Phi) is 5.94. The molecule has 0 unspecified atom stereocenters. The zero-order valence-electron chi connectivity index (χ0n) is 19.9. The van der Waals surface area contributed by atoms with Crippen LogP contribution in [0.5, 0.6) is 0 Å². The van der Waals surface area contributed by atoms with Gasteiger partial charge in [-0.15, -0.1) is 0 Å². The summed E-state index contributed by atoms with van der Waals surface area (Å²) >= 11 is 0. The summed E-state index contributed by atoms with van der Waals surface area (Å²) in [4.78, 5) is 25.4. The molecule has 1 aliphatic carbocycles. The van der Waals surface area contributed by atoms with E-state index in [1.165, 1.54) is 12.7 Å². The molecule has 1 saturated heterocycles. The summed E-state index contributed by atoms with van der Waals surface area (Å²) in [5.41, 5.74) is 4.25. The summed E-state index contributed by atoms with van der Waals surface area (Å²) in [6.07, 6.45) is 4.07. The summed E-state index contributed by atoms with van der Waals surface area (Å²) in [5.74, 6) is -0.551. The summed E-state index contributed by atoms with van der Waals surface area (Å²) in [7, 11) is 1.46. The first-order valence-corrected chi connectivity index (χ1v) is 12.2. The van der Waals surface area contributed by atoms with Crippen LogP contribution in [0.2, 0.25) is 0 Å². The molecule has 1 spiro atoms. The first-order valence-electron chi connectivity index (χ1n) is 12.2. The fourth-order valence-corrected chi connectivity index (χ4v) is 6.56. The number of benzene rings is 2. The van der Waals surface area contributed by atoms with Crippen LogP contribution < -0.4 is 10.6 Å². The van der Waals surface area contributed by atoms with E-state index in [1.54, 1.807) is 12.1 Å². The first-order chi connectivity index (χ1) is 16.6. The molecule has 0 amide bonds. The maximum absolute atomic E-state index is 13.0. The number of carbonyl (C=O) groups is 2. The second-order valence-electron chi connectivity index (χ2n) is 9.62. The molecule has 3 aliphatic rings. The highest BCUT2D eigenvalue weighted by atomic mass is 16.5. The molecular formula is C28H32N2O4. The number of nitrogens with one attached hydrogen (secondary N) is 2. The number of anilines is 1. The van der Waals surface area contributed by atoms with Gasteiger partial charge < -0.3 is 20.1 Å². The second-order valence-corrected chi connectivity index (χ2v) is 9.62. The van der Waals surface area contributed by atoms with E-state index >= 15 is 0 Å². The molecule has 2 aliphatic heterocycles. The SMILES string of the molecule is CC[C@]1(CCCOC(=O)c2ccccc2)CC(C(=O)OC)=C2Nc3ccccc3[C@@]23CCN[C@@H]13. The fraction of sp³-hybridized carbons (Fsp3) is 0.429. The van der Waals surface area contributed by atoms with Crippen molar-refractivity contribution >= 4 is 17.6 Å². The summed E-state index contributed by atoms with van der Waals surface area (Å²) < 4.78 is 10.8. The van der Waals surface area contributed by atoms with Crippen LogP contribution in [0.3, 0.4) is 0 Å². The minimum atomic E-state index is -0.295. The molecule has 5 rings (SSSR count). The van der Waals surface area contributed by atoms with Crippen molar-refractivity contribution in [2.24, 2.45) is 5.41 Å². The minimum absolute atomic E-state index is 0.151. The third-order valence-corrected chi connectivity index (χ3v) is 8.11. The van der Waals surface area contributed by atoms with Gasteiger partial charge in [-0.1, -0.05) is 43.3 Å². The molecule has 2 aromatic rings. The quantitative estimate of drug-likeness (QED) is 0.465. The maximum Gasteiger partial charge on any atom is 0.338 e. The van der Waals surface area contributed by atoms with Crippen LogP contribution in [0.4, 0.5) is 5.69 Å². The number of hydrogen-bond acceptors (Lipinski definition) is 6. The Morgan fingerprint density at radius 2 is 1.82 bits per heavy atom. The van der Waals surface area contributed by atoms with Crippen molar-refractivity contribution in [2.75, 3.05) is 25.6 Å². The van der Waals surface area contributed by atoms with Crippen LogP contribution >= 0.6 is 0 Å². The minimum Gasteiger partial charge on any atom is -0.466 e. The Hall–Kier alpha value is -3.12. The lowest BCUT2D eigenvalue weighted by Crippen LogP contribution is -2.56. The predicted octanol–water partition coefficient (Wildman–Crippen LogP) is 4.58. The van der Waals surface area contributed by atoms with Crippen molar-refractivity contribution in [3.8, 4) is 0 Å². The Morgan fingerprint density at radius 3 is 2.59 bits per heavy atom. The van der Waals surface area contributed by atoms with Gasteiger partial charge in [-0.05, 0) is 67.8 Å². The van der Waals surface area contributed by atoms with Crippen LogP contribution in [0, 0.1) is 5.41 Å². The van der Waals surface area contributed by atoms with E-state index in [-0.39, 0.29) is 28.8 Å². The number of para-hydroxylation sites is 1. The van der Waals surface area contributed by atoms with Gasteiger partial charge in [0.1, 0.15) is 0 Å². The number of methoxy groups -OCH3 is 1. The molecule has 2 heterocycles. The van der Waals surface area contributed by atoms with Crippen LogP contribution in [0.25, 0.3) is 0 Å². The molecule has 2 aromatic carbocycles. The van der Waals surface area contributed by atoms with E-state index in [2.05, 4.69) is 35.8 Å². The van der Waals surface area contributed by atoms with Gasteiger partial charge in [0.2, 0.25) is 0 Å². The number of fused-ring (bicyclic) bond motifs is 1. The predicted molar refractivity (Wildman–Crippen MR) is 130 cm³/mol. The van der Waals surface area contributed by atoms with Gasteiger partial charge in [-0.2, -0.15) is 0 Å². The molecule has 0 saturated carbocycles. The van der Waals surface area contributed by atoms with Gasteiger partial charge in [0.05, 0.1) is 30.3 Å². The van der Waals surface area contributed by atoms with Gasteiger partial charge in [-0.25, -0.2) is 9.59 Å². The van der Waals surface area contributed by atoms with Crippen molar-refractivity contribution < 1.29 is 19.1 Å². The third-order valence-electron chi connectivity index (χ3n) is 8.11. The first kappa shape index (κ1) is 22.7. The van der Waals surface area contributed by atoms with Crippen LogP contribution in [0.15, 0.2) is 65.9 Å². The largest absolute Gasteiger partial charge is 0.466 e. The highest BCUT2D eigenvalue weighted by molar-refractivity contribution is 5.93. The molecule has 1 fully saturated rings. The van der Waals surface area contributed by atoms with Crippen molar-refractivity contribution in [3.05, 3.63) is 77.0 Å². The van der Waals surface area contributed by atoms with E-state index in [0.29, 0.717) is 18.6 Å². The van der Waals surface area contributed by atoms with Crippen LogP contribution in [-0.4, -0.2) is 38.2 Å². The number of hydrogen-bond donors (Lipinski definition) is 2. The summed E-state index contributed by atoms with van der Waals surface area (Å²) in [5, 5.41) is 7.42. The second kappa shape index (κ2) is 8.91. The number of ether oxygens (including phenoxy) is 2. The molecule has 6 nitrogen and oxygen atoms in total. The molecule has 178 valence electrons. The van der Waals surface area contributed by atoms with Crippen molar-refractivity contribution in [3.63, 3.8) is 0 Å². The molecule has 34 heavy (non-hydrogen) atoms. The van der Waals surface area contributed by atoms with E-state index < -0.39 is 0 Å². The van der Waals surface area contributed by atoms with E-state index in [9.17, 15) is 9.59 Å². The lowest BCUT2D eigenvalue weighted by molar-refractivity contribution is -0.137. The molecular weight excluding hydrogens is 428 g/mol.